The highest BCUT2D eigenvalue weighted by Gasteiger charge is 2.30. The molecule has 110 valence electrons. The standard InChI is InChI=1S/C16H24N2O2/c1-5-18-13-9-7-6-8-11(13)12(17-18)10-14(19)15(20)16(2,3)4/h6-9,14-15,19-20H,5,10H2,1-4H3. The molecule has 0 aliphatic rings. The summed E-state index contributed by atoms with van der Waals surface area (Å²) in [6, 6.07) is 8.00. The van der Waals surface area contributed by atoms with E-state index in [9.17, 15) is 10.2 Å². The molecule has 2 rings (SSSR count). The number of aliphatic hydroxyl groups is 2. The van der Waals surface area contributed by atoms with Gasteiger partial charge >= 0.3 is 0 Å². The average Bonchev–Trinajstić information content (AvgIpc) is 2.75. The number of hydrogen-bond acceptors (Lipinski definition) is 3. The van der Waals surface area contributed by atoms with E-state index in [1.54, 1.807) is 0 Å². The van der Waals surface area contributed by atoms with Gasteiger partial charge in [-0.05, 0) is 18.4 Å². The number of aliphatic hydroxyl groups excluding tert-OH is 2. The van der Waals surface area contributed by atoms with Gasteiger partial charge in [0.2, 0.25) is 0 Å². The van der Waals surface area contributed by atoms with E-state index < -0.39 is 12.2 Å². The van der Waals surface area contributed by atoms with Crippen LogP contribution >= 0.6 is 0 Å². The molecule has 0 saturated heterocycles. The van der Waals surface area contributed by atoms with Crippen LogP contribution in [0, 0.1) is 5.41 Å². The fraction of sp³-hybridized carbons (Fsp3) is 0.562. The molecule has 2 atom stereocenters. The normalized spacial score (nSPS) is 15.5. The largest absolute Gasteiger partial charge is 0.390 e. The van der Waals surface area contributed by atoms with Crippen molar-refractivity contribution in [2.24, 2.45) is 5.41 Å². The molecule has 4 nitrogen and oxygen atoms in total. The van der Waals surface area contributed by atoms with Gasteiger partial charge in [0.05, 0.1) is 23.4 Å². The van der Waals surface area contributed by atoms with E-state index >= 15 is 0 Å². The zero-order valence-corrected chi connectivity index (χ0v) is 12.7. The number of nitrogens with zero attached hydrogens (tertiary/aromatic N) is 2. The number of hydrogen-bond donors (Lipinski definition) is 2. The number of rotatable bonds is 4. The van der Waals surface area contributed by atoms with Gasteiger partial charge in [0, 0.05) is 18.4 Å². The molecule has 2 unspecified atom stereocenters. The van der Waals surface area contributed by atoms with Gasteiger partial charge < -0.3 is 10.2 Å². The predicted octanol–water partition coefficient (Wildman–Crippen LogP) is 2.37. The Morgan fingerprint density at radius 3 is 2.45 bits per heavy atom. The maximum atomic E-state index is 10.2. The summed E-state index contributed by atoms with van der Waals surface area (Å²) in [6.45, 7) is 8.60. The molecule has 0 amide bonds. The predicted molar refractivity (Wildman–Crippen MR) is 80.6 cm³/mol. The van der Waals surface area contributed by atoms with Crippen LogP contribution in [0.2, 0.25) is 0 Å². The Morgan fingerprint density at radius 1 is 1.20 bits per heavy atom. The second-order valence-electron chi connectivity index (χ2n) is 6.36. The lowest BCUT2D eigenvalue weighted by atomic mass is 9.84. The first-order valence-electron chi connectivity index (χ1n) is 7.15. The second kappa shape index (κ2) is 5.54. The molecule has 0 radical (unpaired) electrons. The molecule has 1 aromatic carbocycles. The van der Waals surface area contributed by atoms with Crippen LogP contribution in [0.3, 0.4) is 0 Å². The molecular weight excluding hydrogens is 252 g/mol. The lowest BCUT2D eigenvalue weighted by molar-refractivity contribution is -0.0436. The van der Waals surface area contributed by atoms with Crippen LogP contribution in [0.1, 0.15) is 33.4 Å². The Hall–Kier alpha value is -1.39. The molecule has 4 heteroatoms. The molecule has 0 aliphatic carbocycles. The minimum atomic E-state index is -0.807. The van der Waals surface area contributed by atoms with Gasteiger partial charge in [0.1, 0.15) is 0 Å². The number of fused-ring (bicyclic) bond motifs is 1. The minimum Gasteiger partial charge on any atom is -0.390 e. The summed E-state index contributed by atoms with van der Waals surface area (Å²) in [5.41, 5.74) is 1.57. The maximum absolute atomic E-state index is 10.2. The molecule has 2 N–H and O–H groups in total. The Kier molecular flexibility index (Phi) is 4.16. The van der Waals surface area contributed by atoms with E-state index in [4.69, 9.17) is 0 Å². The van der Waals surface area contributed by atoms with E-state index in [1.807, 2.05) is 56.6 Å². The molecular formula is C16H24N2O2. The Labute approximate surface area is 120 Å². The van der Waals surface area contributed by atoms with Crippen LogP contribution < -0.4 is 0 Å². The van der Waals surface area contributed by atoms with Crippen molar-refractivity contribution in [1.29, 1.82) is 0 Å². The molecule has 2 aromatic rings. The van der Waals surface area contributed by atoms with Crippen molar-refractivity contribution >= 4 is 10.9 Å². The van der Waals surface area contributed by atoms with Crippen molar-refractivity contribution in [3.63, 3.8) is 0 Å². The monoisotopic (exact) mass is 276 g/mol. The maximum Gasteiger partial charge on any atom is 0.0860 e. The molecule has 0 spiro atoms. The third kappa shape index (κ3) is 2.86. The summed E-state index contributed by atoms with van der Waals surface area (Å²) in [5.74, 6) is 0. The van der Waals surface area contributed by atoms with Crippen LogP contribution in [0.15, 0.2) is 24.3 Å². The molecule has 1 aromatic heterocycles. The molecule has 20 heavy (non-hydrogen) atoms. The number of benzene rings is 1. The fourth-order valence-electron chi connectivity index (χ4n) is 2.47. The first-order chi connectivity index (χ1) is 9.34. The summed E-state index contributed by atoms with van der Waals surface area (Å²) >= 11 is 0. The Bertz CT molecular complexity index is 584. The van der Waals surface area contributed by atoms with E-state index in [2.05, 4.69) is 5.10 Å². The summed E-state index contributed by atoms with van der Waals surface area (Å²) in [5, 5.41) is 26.0. The van der Waals surface area contributed by atoms with Gasteiger partial charge in [-0.3, -0.25) is 4.68 Å². The highest BCUT2D eigenvalue weighted by molar-refractivity contribution is 5.82. The number of aromatic nitrogens is 2. The van der Waals surface area contributed by atoms with Crippen LogP contribution in [-0.2, 0) is 13.0 Å². The minimum absolute atomic E-state index is 0.345. The quantitative estimate of drug-likeness (QED) is 0.901. The van der Waals surface area contributed by atoms with E-state index in [-0.39, 0.29) is 5.41 Å². The third-order valence-electron chi connectivity index (χ3n) is 3.69. The number of para-hydroxylation sites is 1. The van der Waals surface area contributed by atoms with E-state index in [0.717, 1.165) is 23.1 Å². The smallest absolute Gasteiger partial charge is 0.0860 e. The SMILES string of the molecule is CCn1nc(CC(O)C(O)C(C)(C)C)c2ccccc21. The van der Waals surface area contributed by atoms with Crippen LogP contribution in [0.4, 0.5) is 0 Å². The first kappa shape index (κ1) is 15.0. The molecule has 0 saturated carbocycles. The summed E-state index contributed by atoms with van der Waals surface area (Å²) in [7, 11) is 0. The molecule has 0 aliphatic heterocycles. The van der Waals surface area contributed by atoms with Crippen molar-refractivity contribution in [3.05, 3.63) is 30.0 Å². The molecule has 0 fully saturated rings. The van der Waals surface area contributed by atoms with Gasteiger partial charge in [-0.1, -0.05) is 39.0 Å². The highest BCUT2D eigenvalue weighted by atomic mass is 16.3. The van der Waals surface area contributed by atoms with Crippen LogP contribution in [0.25, 0.3) is 10.9 Å². The van der Waals surface area contributed by atoms with Crippen molar-refractivity contribution in [1.82, 2.24) is 9.78 Å². The zero-order valence-electron chi connectivity index (χ0n) is 12.7. The van der Waals surface area contributed by atoms with Crippen molar-refractivity contribution < 1.29 is 10.2 Å². The summed E-state index contributed by atoms with van der Waals surface area (Å²) < 4.78 is 1.93. The highest BCUT2D eigenvalue weighted by Crippen LogP contribution is 2.25. The summed E-state index contributed by atoms with van der Waals surface area (Å²) in [6.07, 6.45) is -1.21. The Morgan fingerprint density at radius 2 is 1.85 bits per heavy atom. The average molecular weight is 276 g/mol. The topological polar surface area (TPSA) is 58.3 Å². The van der Waals surface area contributed by atoms with Crippen molar-refractivity contribution in [3.8, 4) is 0 Å². The number of aryl methyl sites for hydroxylation is 1. The lowest BCUT2D eigenvalue weighted by Gasteiger charge is -2.29. The van der Waals surface area contributed by atoms with E-state index in [1.165, 1.54) is 0 Å². The van der Waals surface area contributed by atoms with Crippen LogP contribution in [-0.4, -0.2) is 32.2 Å². The van der Waals surface area contributed by atoms with Crippen LogP contribution in [0.5, 0.6) is 0 Å². The summed E-state index contributed by atoms with van der Waals surface area (Å²) in [4.78, 5) is 0. The fourth-order valence-corrected chi connectivity index (χ4v) is 2.47. The third-order valence-corrected chi connectivity index (χ3v) is 3.69. The van der Waals surface area contributed by atoms with E-state index in [0.29, 0.717) is 6.42 Å². The van der Waals surface area contributed by atoms with Gasteiger partial charge in [-0.15, -0.1) is 0 Å². The van der Waals surface area contributed by atoms with Gasteiger partial charge in [-0.25, -0.2) is 0 Å². The molecule has 1 heterocycles. The lowest BCUT2D eigenvalue weighted by Crippen LogP contribution is -2.39. The van der Waals surface area contributed by atoms with Gasteiger partial charge in [-0.2, -0.15) is 5.10 Å². The van der Waals surface area contributed by atoms with Gasteiger partial charge in [0.15, 0.2) is 0 Å². The van der Waals surface area contributed by atoms with Crippen molar-refractivity contribution in [2.75, 3.05) is 0 Å². The zero-order chi connectivity index (χ0) is 14.9. The first-order valence-corrected chi connectivity index (χ1v) is 7.15. The van der Waals surface area contributed by atoms with Crippen molar-refractivity contribution in [2.45, 2.75) is 52.9 Å². The molecule has 0 bridgehead atoms. The Balaban J connectivity index is 2.30. The second-order valence-corrected chi connectivity index (χ2v) is 6.36. The van der Waals surface area contributed by atoms with Gasteiger partial charge in [0.25, 0.3) is 0 Å².